The number of hydrogen-bond acceptors (Lipinski definition) is 5. The third-order valence-corrected chi connectivity index (χ3v) is 7.46. The molecule has 3 heterocycles. The summed E-state index contributed by atoms with van der Waals surface area (Å²) >= 11 is 0. The lowest BCUT2D eigenvalue weighted by atomic mass is 9.81. The van der Waals surface area contributed by atoms with Crippen molar-refractivity contribution in [1.82, 2.24) is 9.80 Å². The van der Waals surface area contributed by atoms with Gasteiger partial charge in [0.2, 0.25) is 5.91 Å². The summed E-state index contributed by atoms with van der Waals surface area (Å²) in [4.78, 5) is 53.6. The first-order chi connectivity index (χ1) is 16.3. The minimum absolute atomic E-state index is 0.000945. The van der Waals surface area contributed by atoms with E-state index >= 15 is 0 Å². The first kappa shape index (κ1) is 22.3. The van der Waals surface area contributed by atoms with Crippen LogP contribution in [0.5, 0.6) is 5.75 Å². The highest BCUT2D eigenvalue weighted by Crippen LogP contribution is 2.41. The van der Waals surface area contributed by atoms with Gasteiger partial charge in [0.1, 0.15) is 11.4 Å². The van der Waals surface area contributed by atoms with Crippen molar-refractivity contribution in [2.45, 2.75) is 51.6 Å². The van der Waals surface area contributed by atoms with Crippen LogP contribution in [0.15, 0.2) is 36.4 Å². The molecule has 1 saturated heterocycles. The number of ether oxygens (including phenoxy) is 1. The van der Waals surface area contributed by atoms with Crippen molar-refractivity contribution >= 4 is 23.5 Å². The van der Waals surface area contributed by atoms with Gasteiger partial charge in [0.25, 0.3) is 11.8 Å². The molecule has 0 unspecified atom stereocenters. The molecule has 7 heteroatoms. The van der Waals surface area contributed by atoms with E-state index in [4.69, 9.17) is 4.74 Å². The standard InChI is InChI=1S/C27H28N2O5/c1-17-9-10-21-22(30)16-27(34-24(21)18(17)2)11-14-28(15-12-27)23(31)8-5-13-29-25(32)19-6-3-4-7-20(19)26(29)33/h3-4,6-7,9-10H,5,8,11-16H2,1-2H3. The molecular formula is C27H28N2O5. The maximum Gasteiger partial charge on any atom is 0.261 e. The molecule has 3 aliphatic heterocycles. The first-order valence-corrected chi connectivity index (χ1v) is 11.9. The number of piperidine rings is 1. The molecule has 2 aromatic rings. The SMILES string of the molecule is Cc1ccc2c(c1C)OC1(CCN(C(=O)CCCN3C(=O)c4ccccc4C3=O)CC1)CC2=O. The molecule has 0 N–H and O–H groups in total. The van der Waals surface area contributed by atoms with Crippen molar-refractivity contribution in [3.8, 4) is 5.75 Å². The molecular weight excluding hydrogens is 432 g/mol. The molecule has 0 saturated carbocycles. The highest BCUT2D eigenvalue weighted by molar-refractivity contribution is 6.21. The van der Waals surface area contributed by atoms with Crippen molar-refractivity contribution in [3.05, 3.63) is 64.2 Å². The van der Waals surface area contributed by atoms with Crippen molar-refractivity contribution in [2.24, 2.45) is 0 Å². The molecule has 2 aromatic carbocycles. The van der Waals surface area contributed by atoms with Gasteiger partial charge in [0.15, 0.2) is 5.78 Å². The number of rotatable bonds is 4. The highest BCUT2D eigenvalue weighted by atomic mass is 16.5. The molecule has 0 bridgehead atoms. The Labute approximate surface area is 198 Å². The Morgan fingerprint density at radius 3 is 2.24 bits per heavy atom. The lowest BCUT2D eigenvalue weighted by molar-refractivity contribution is -0.134. The fourth-order valence-corrected chi connectivity index (χ4v) is 5.21. The van der Waals surface area contributed by atoms with E-state index in [0.717, 1.165) is 11.1 Å². The van der Waals surface area contributed by atoms with E-state index < -0.39 is 5.60 Å². The van der Waals surface area contributed by atoms with Crippen molar-refractivity contribution in [1.29, 1.82) is 0 Å². The second kappa shape index (κ2) is 8.38. The van der Waals surface area contributed by atoms with Crippen molar-refractivity contribution in [3.63, 3.8) is 0 Å². The molecule has 1 fully saturated rings. The van der Waals surface area contributed by atoms with Gasteiger partial charge in [-0.1, -0.05) is 18.2 Å². The Kier molecular flexibility index (Phi) is 5.50. The average Bonchev–Trinajstić information content (AvgIpc) is 3.07. The second-order valence-electron chi connectivity index (χ2n) is 9.56. The molecule has 3 amide bonds. The van der Waals surface area contributed by atoms with Crippen molar-refractivity contribution < 1.29 is 23.9 Å². The van der Waals surface area contributed by atoms with E-state index in [0.29, 0.717) is 61.2 Å². The lowest BCUT2D eigenvalue weighted by Crippen LogP contribution is -2.52. The predicted octanol–water partition coefficient (Wildman–Crippen LogP) is 3.71. The summed E-state index contributed by atoms with van der Waals surface area (Å²) in [7, 11) is 0. The predicted molar refractivity (Wildman–Crippen MR) is 125 cm³/mol. The highest BCUT2D eigenvalue weighted by Gasteiger charge is 2.44. The zero-order valence-electron chi connectivity index (χ0n) is 19.6. The maximum atomic E-state index is 12.8. The van der Waals surface area contributed by atoms with Crippen LogP contribution in [-0.2, 0) is 4.79 Å². The minimum Gasteiger partial charge on any atom is -0.486 e. The van der Waals surface area contributed by atoms with Gasteiger partial charge < -0.3 is 9.64 Å². The zero-order valence-corrected chi connectivity index (χ0v) is 19.6. The second-order valence-corrected chi connectivity index (χ2v) is 9.56. The van der Waals surface area contributed by atoms with Crippen LogP contribution in [0.4, 0.5) is 0 Å². The van der Waals surface area contributed by atoms with Gasteiger partial charge in [-0.2, -0.15) is 0 Å². The van der Waals surface area contributed by atoms with Gasteiger partial charge in [-0.25, -0.2) is 0 Å². The van der Waals surface area contributed by atoms with Crippen LogP contribution in [0.2, 0.25) is 0 Å². The number of amides is 3. The summed E-state index contributed by atoms with van der Waals surface area (Å²) in [6, 6.07) is 10.6. The number of likely N-dealkylation sites (tertiary alicyclic amines) is 1. The van der Waals surface area contributed by atoms with Gasteiger partial charge in [-0.05, 0) is 49.6 Å². The van der Waals surface area contributed by atoms with Crippen LogP contribution < -0.4 is 4.74 Å². The van der Waals surface area contributed by atoms with E-state index in [2.05, 4.69) is 0 Å². The van der Waals surface area contributed by atoms with Crippen LogP contribution in [0.3, 0.4) is 0 Å². The summed E-state index contributed by atoms with van der Waals surface area (Å²) in [5.74, 6) is 0.207. The average molecular weight is 461 g/mol. The number of nitrogens with zero attached hydrogens (tertiary/aromatic N) is 2. The Bertz CT molecular complexity index is 1170. The number of carbonyl (C=O) groups is 4. The molecule has 3 aliphatic rings. The van der Waals surface area contributed by atoms with Crippen LogP contribution in [0.1, 0.15) is 74.3 Å². The molecule has 34 heavy (non-hydrogen) atoms. The first-order valence-electron chi connectivity index (χ1n) is 11.9. The quantitative estimate of drug-likeness (QED) is 0.650. The summed E-state index contributed by atoms with van der Waals surface area (Å²) < 4.78 is 6.43. The largest absolute Gasteiger partial charge is 0.486 e. The monoisotopic (exact) mass is 460 g/mol. The Morgan fingerprint density at radius 1 is 0.941 bits per heavy atom. The third kappa shape index (κ3) is 3.69. The van der Waals surface area contributed by atoms with Crippen molar-refractivity contribution in [2.75, 3.05) is 19.6 Å². The molecule has 0 aromatic heterocycles. The number of aryl methyl sites for hydroxylation is 1. The number of Topliss-reactive ketones (excluding diaryl/α,β-unsaturated/α-hetero) is 1. The van der Waals surface area contributed by atoms with Gasteiger partial charge in [-0.3, -0.25) is 24.1 Å². The maximum absolute atomic E-state index is 12.8. The van der Waals surface area contributed by atoms with E-state index in [1.165, 1.54) is 4.90 Å². The molecule has 0 aliphatic carbocycles. The summed E-state index contributed by atoms with van der Waals surface area (Å²) in [5, 5.41) is 0. The minimum atomic E-state index is -0.556. The van der Waals surface area contributed by atoms with Crippen LogP contribution in [-0.4, -0.2) is 58.5 Å². The normalized spacial score (nSPS) is 18.7. The van der Waals surface area contributed by atoms with Crippen LogP contribution in [0, 0.1) is 13.8 Å². The van der Waals surface area contributed by atoms with Crippen LogP contribution >= 0.6 is 0 Å². The summed E-state index contributed by atoms with van der Waals surface area (Å²) in [5.41, 5.74) is 3.04. The Hall–Kier alpha value is -3.48. The van der Waals surface area contributed by atoms with Gasteiger partial charge >= 0.3 is 0 Å². The smallest absolute Gasteiger partial charge is 0.261 e. The number of fused-ring (bicyclic) bond motifs is 2. The van der Waals surface area contributed by atoms with Crippen LogP contribution in [0.25, 0.3) is 0 Å². The molecule has 5 rings (SSSR count). The molecule has 7 nitrogen and oxygen atoms in total. The van der Waals surface area contributed by atoms with Gasteiger partial charge in [0, 0.05) is 38.9 Å². The van der Waals surface area contributed by atoms with E-state index in [-0.39, 0.29) is 36.5 Å². The van der Waals surface area contributed by atoms with E-state index in [1.807, 2.05) is 26.0 Å². The zero-order chi connectivity index (χ0) is 24.0. The molecule has 176 valence electrons. The fraction of sp³-hybridized carbons (Fsp3) is 0.407. The lowest BCUT2D eigenvalue weighted by Gasteiger charge is -2.44. The number of ketones is 1. The third-order valence-electron chi connectivity index (χ3n) is 7.46. The topological polar surface area (TPSA) is 84.0 Å². The van der Waals surface area contributed by atoms with E-state index in [1.54, 1.807) is 29.2 Å². The van der Waals surface area contributed by atoms with Gasteiger partial charge in [-0.15, -0.1) is 0 Å². The summed E-state index contributed by atoms with van der Waals surface area (Å²) in [6.45, 7) is 5.27. The number of hydrogen-bond donors (Lipinski definition) is 0. The summed E-state index contributed by atoms with van der Waals surface area (Å²) in [6.07, 6.45) is 2.24. The van der Waals surface area contributed by atoms with E-state index in [9.17, 15) is 19.2 Å². The Morgan fingerprint density at radius 2 is 1.59 bits per heavy atom. The number of carbonyl (C=O) groups excluding carboxylic acids is 4. The Balaban J connectivity index is 1.16. The molecule has 1 spiro atoms. The molecule has 0 atom stereocenters. The molecule has 0 radical (unpaired) electrons. The number of imide groups is 1. The number of benzene rings is 2. The van der Waals surface area contributed by atoms with Gasteiger partial charge in [0.05, 0.1) is 23.1 Å². The fourth-order valence-electron chi connectivity index (χ4n) is 5.21.